The highest BCUT2D eigenvalue weighted by molar-refractivity contribution is 7.91. The van der Waals surface area contributed by atoms with Crippen LogP contribution in [0, 0.1) is 23.7 Å². The van der Waals surface area contributed by atoms with E-state index in [0.29, 0.717) is 12.5 Å². The number of fused-ring (bicyclic) bond motifs is 6. The first-order chi connectivity index (χ1) is 16.4. The molecule has 0 radical (unpaired) electrons. The van der Waals surface area contributed by atoms with Crippen LogP contribution in [0.2, 0.25) is 0 Å². The van der Waals surface area contributed by atoms with Crippen LogP contribution in [0.15, 0.2) is 38.2 Å². The maximum atomic E-state index is 13.7. The lowest BCUT2D eigenvalue weighted by Gasteiger charge is -2.42. The van der Waals surface area contributed by atoms with Crippen LogP contribution in [0.25, 0.3) is 0 Å². The van der Waals surface area contributed by atoms with E-state index in [0.717, 1.165) is 30.4 Å². The molecule has 10 nitrogen and oxygen atoms in total. The van der Waals surface area contributed by atoms with E-state index in [9.17, 15) is 26.7 Å². The summed E-state index contributed by atoms with van der Waals surface area (Å²) in [5.41, 5.74) is 0.158. The van der Waals surface area contributed by atoms with Crippen molar-refractivity contribution < 1.29 is 26.7 Å². The van der Waals surface area contributed by atoms with E-state index in [4.69, 9.17) is 0 Å². The second-order valence-corrected chi connectivity index (χ2v) is 14.2. The molecule has 190 valence electrons. The average molecular weight is 541 g/mol. The van der Waals surface area contributed by atoms with E-state index >= 15 is 0 Å². The second-order valence-electron chi connectivity index (χ2n) is 9.96. The number of nitrogens with zero attached hydrogens (tertiary/aromatic N) is 2. The van der Waals surface area contributed by atoms with Gasteiger partial charge in [0.25, 0.3) is 15.9 Å². The van der Waals surface area contributed by atoms with Crippen molar-refractivity contribution in [2.75, 3.05) is 18.1 Å². The second kappa shape index (κ2) is 8.43. The third-order valence-electron chi connectivity index (χ3n) is 7.05. The van der Waals surface area contributed by atoms with Crippen molar-refractivity contribution in [3.8, 4) is 0 Å². The minimum atomic E-state index is -4.25. The van der Waals surface area contributed by atoms with E-state index in [1.54, 1.807) is 4.90 Å². The Morgan fingerprint density at radius 2 is 2.03 bits per heavy atom. The molecule has 4 unspecified atom stereocenters. The number of hydrogen-bond donors (Lipinski definition) is 3. The van der Waals surface area contributed by atoms with Crippen LogP contribution >= 0.6 is 11.3 Å². The van der Waals surface area contributed by atoms with Gasteiger partial charge in [-0.15, -0.1) is 15.7 Å². The number of anilines is 1. The first-order valence-corrected chi connectivity index (χ1v) is 15.7. The maximum absolute atomic E-state index is 13.7. The number of carbonyl (C=O) groups is 1. The van der Waals surface area contributed by atoms with E-state index in [2.05, 4.69) is 40.4 Å². The van der Waals surface area contributed by atoms with Crippen LogP contribution in [0.4, 0.5) is 5.00 Å². The molecule has 3 heterocycles. The number of amidine groups is 1. The van der Waals surface area contributed by atoms with Gasteiger partial charge in [0.15, 0.2) is 5.84 Å². The zero-order chi connectivity index (χ0) is 25.3. The van der Waals surface area contributed by atoms with Gasteiger partial charge in [-0.25, -0.2) is 13.1 Å². The van der Waals surface area contributed by atoms with E-state index in [1.165, 1.54) is 5.38 Å². The standard InChI is InChI=1S/C22H28N4O6S3/c1-11(2)6-7-26-17-13-5-4-12(8-13)15(17)18(27)16(22(26)28)20-24-21-19(35(31,32)25-20)14(10-33-21)9-23-34(3,29)30/h4-5,10-13,15,17,23,27H,6-9H2,1-3H3,(H,24,25). The Hall–Kier alpha value is -2.22. The fourth-order valence-electron chi connectivity index (χ4n) is 5.50. The number of thiophene rings is 1. The van der Waals surface area contributed by atoms with Crippen LogP contribution < -0.4 is 10.0 Å². The van der Waals surface area contributed by atoms with Gasteiger partial charge in [0.2, 0.25) is 10.0 Å². The molecule has 4 aliphatic rings. The van der Waals surface area contributed by atoms with Gasteiger partial charge in [0.1, 0.15) is 21.2 Å². The normalized spacial score (nSPS) is 28.9. The minimum Gasteiger partial charge on any atom is -0.511 e. The molecular weight excluding hydrogens is 512 g/mol. The maximum Gasteiger partial charge on any atom is 0.287 e. The number of rotatable bonds is 7. The molecule has 2 bridgehead atoms. The Labute approximate surface area is 208 Å². The average Bonchev–Trinajstić information content (AvgIpc) is 3.46. The first kappa shape index (κ1) is 24.5. The zero-order valence-electron chi connectivity index (χ0n) is 19.6. The predicted octanol–water partition coefficient (Wildman–Crippen LogP) is 2.20. The minimum absolute atomic E-state index is 0.0846. The molecule has 0 saturated heterocycles. The van der Waals surface area contributed by atoms with Crippen molar-refractivity contribution in [1.82, 2.24) is 9.62 Å². The Kier molecular flexibility index (Phi) is 5.89. The Bertz CT molecular complexity index is 1390. The fourth-order valence-corrected chi connectivity index (χ4v) is 8.52. The van der Waals surface area contributed by atoms with Crippen molar-refractivity contribution in [1.29, 1.82) is 0 Å². The monoisotopic (exact) mass is 540 g/mol. The molecule has 1 aromatic rings. The number of carbonyl (C=O) groups excluding carboxylic acids is 1. The van der Waals surface area contributed by atoms with E-state index in [-0.39, 0.29) is 63.0 Å². The summed E-state index contributed by atoms with van der Waals surface area (Å²) in [5.74, 6) is -0.397. The summed E-state index contributed by atoms with van der Waals surface area (Å²) < 4.78 is 55.5. The summed E-state index contributed by atoms with van der Waals surface area (Å²) in [6.07, 6.45) is 6.81. The van der Waals surface area contributed by atoms with Gasteiger partial charge in [-0.1, -0.05) is 26.0 Å². The fraction of sp³-hybridized carbons (Fsp3) is 0.545. The lowest BCUT2D eigenvalue weighted by molar-refractivity contribution is -0.132. The molecule has 5 rings (SSSR count). The summed E-state index contributed by atoms with van der Waals surface area (Å²) in [6.45, 7) is 4.46. The van der Waals surface area contributed by atoms with Gasteiger partial charge < -0.3 is 15.3 Å². The van der Waals surface area contributed by atoms with Gasteiger partial charge in [-0.3, -0.25) is 4.79 Å². The number of allylic oxidation sites excluding steroid dienone is 1. The molecule has 1 amide bonds. The van der Waals surface area contributed by atoms with Crippen molar-refractivity contribution in [3.63, 3.8) is 0 Å². The third kappa shape index (κ3) is 4.21. The summed E-state index contributed by atoms with van der Waals surface area (Å²) in [5, 5.41) is 16.0. The molecule has 13 heteroatoms. The third-order valence-corrected chi connectivity index (χ3v) is 10.2. The lowest BCUT2D eigenvalue weighted by atomic mass is 9.80. The number of aliphatic hydroxyl groups excluding tert-OH is 1. The summed E-state index contributed by atoms with van der Waals surface area (Å²) >= 11 is 1.08. The first-order valence-electron chi connectivity index (χ1n) is 11.5. The molecule has 3 N–H and O–H groups in total. The molecule has 0 spiro atoms. The highest BCUT2D eigenvalue weighted by Gasteiger charge is 2.55. The molecule has 4 atom stereocenters. The topological polar surface area (TPSA) is 145 Å². The Morgan fingerprint density at radius 1 is 1.31 bits per heavy atom. The van der Waals surface area contributed by atoms with Crippen molar-refractivity contribution in [2.45, 2.75) is 44.2 Å². The molecule has 0 aromatic carbocycles. The lowest BCUT2D eigenvalue weighted by Crippen LogP contribution is -2.54. The quantitative estimate of drug-likeness (QED) is 0.450. The van der Waals surface area contributed by atoms with E-state index in [1.807, 2.05) is 0 Å². The molecule has 35 heavy (non-hydrogen) atoms. The van der Waals surface area contributed by atoms with E-state index < -0.39 is 26.0 Å². The predicted molar refractivity (Wildman–Crippen MR) is 133 cm³/mol. The molecule has 1 saturated carbocycles. The van der Waals surface area contributed by atoms with Crippen LogP contribution in [-0.4, -0.2) is 57.4 Å². The number of aliphatic hydroxyl groups is 1. The summed E-state index contributed by atoms with van der Waals surface area (Å²) in [6, 6.07) is -0.147. The van der Waals surface area contributed by atoms with Crippen LogP contribution in [-0.2, 0) is 31.4 Å². The highest BCUT2D eigenvalue weighted by atomic mass is 32.2. The molecular formula is C22H28N4O6S3. The molecule has 2 aliphatic heterocycles. The zero-order valence-corrected chi connectivity index (χ0v) is 22.0. The van der Waals surface area contributed by atoms with Gasteiger partial charge in [0.05, 0.1) is 6.26 Å². The summed E-state index contributed by atoms with van der Waals surface area (Å²) in [7, 11) is -7.78. The largest absolute Gasteiger partial charge is 0.511 e. The molecule has 2 aliphatic carbocycles. The number of nitrogens with one attached hydrogen (secondary N) is 2. The van der Waals surface area contributed by atoms with Gasteiger partial charge in [0, 0.05) is 30.6 Å². The smallest absolute Gasteiger partial charge is 0.287 e. The summed E-state index contributed by atoms with van der Waals surface area (Å²) in [4.78, 5) is 15.4. The number of amides is 1. The van der Waals surface area contributed by atoms with Crippen molar-refractivity contribution >= 4 is 48.1 Å². The Morgan fingerprint density at radius 3 is 2.71 bits per heavy atom. The Balaban J connectivity index is 1.54. The SMILES string of the molecule is CC(C)CCN1C(=O)C(C2=NS(=O)(=O)c3c(CNS(C)(=O)=O)csc3N2)=C(O)C2C3C=CC(C3)C21. The van der Waals surface area contributed by atoms with Crippen LogP contribution in [0.1, 0.15) is 32.3 Å². The van der Waals surface area contributed by atoms with Gasteiger partial charge >= 0.3 is 0 Å². The van der Waals surface area contributed by atoms with Crippen LogP contribution in [0.3, 0.4) is 0 Å². The van der Waals surface area contributed by atoms with Gasteiger partial charge in [-0.05, 0) is 36.0 Å². The van der Waals surface area contributed by atoms with Crippen LogP contribution in [0.5, 0.6) is 0 Å². The number of hydrogen-bond acceptors (Lipinski definition) is 8. The van der Waals surface area contributed by atoms with Gasteiger partial charge in [-0.2, -0.15) is 8.42 Å². The van der Waals surface area contributed by atoms with Crippen molar-refractivity contribution in [2.24, 2.45) is 28.1 Å². The van der Waals surface area contributed by atoms with Crippen molar-refractivity contribution in [3.05, 3.63) is 34.4 Å². The highest BCUT2D eigenvalue weighted by Crippen LogP contribution is 2.52. The molecule has 1 aromatic heterocycles. The molecule has 1 fully saturated rings. The number of sulfonamides is 2.